The fourth-order valence-corrected chi connectivity index (χ4v) is 3.53. The molecule has 5 heteroatoms. The van der Waals surface area contributed by atoms with Gasteiger partial charge in [0.05, 0.1) is 12.2 Å². The van der Waals surface area contributed by atoms with Crippen molar-refractivity contribution in [3.05, 3.63) is 17.0 Å². The summed E-state index contributed by atoms with van der Waals surface area (Å²) in [7, 11) is 1.99. The Morgan fingerprint density at radius 2 is 2.09 bits per heavy atom. The molecule has 0 aromatic carbocycles. The van der Waals surface area contributed by atoms with E-state index >= 15 is 0 Å². The van der Waals surface area contributed by atoms with Gasteiger partial charge < -0.3 is 10.6 Å². The van der Waals surface area contributed by atoms with Gasteiger partial charge >= 0.3 is 0 Å². The fourth-order valence-electron chi connectivity index (χ4n) is 3.53. The van der Waals surface area contributed by atoms with Crippen molar-refractivity contribution in [2.24, 2.45) is 23.9 Å². The molecular weight excluding hydrogens is 286 g/mol. The maximum absolute atomic E-state index is 4.76. The molecule has 1 aromatic rings. The molecule has 5 nitrogen and oxygen atoms in total. The quantitative estimate of drug-likeness (QED) is 0.648. The van der Waals surface area contributed by atoms with E-state index < -0.39 is 0 Å². The number of guanidine groups is 1. The van der Waals surface area contributed by atoms with Gasteiger partial charge in [0.15, 0.2) is 5.96 Å². The van der Waals surface area contributed by atoms with Crippen LogP contribution >= 0.6 is 0 Å². The predicted molar refractivity (Wildman–Crippen MR) is 96.6 cm³/mol. The molecule has 0 bridgehead atoms. The summed E-state index contributed by atoms with van der Waals surface area (Å²) in [6, 6.07) is 0. The van der Waals surface area contributed by atoms with Crippen molar-refractivity contribution in [1.82, 2.24) is 20.4 Å². The van der Waals surface area contributed by atoms with E-state index in [1.807, 2.05) is 11.7 Å². The van der Waals surface area contributed by atoms with Gasteiger partial charge in [0, 0.05) is 31.4 Å². The number of aliphatic imine (C=N–C) groups is 1. The van der Waals surface area contributed by atoms with Crippen LogP contribution in [-0.2, 0) is 13.6 Å². The first-order valence-corrected chi connectivity index (χ1v) is 9.02. The second-order valence-electron chi connectivity index (χ2n) is 6.99. The van der Waals surface area contributed by atoms with Gasteiger partial charge in [-0.25, -0.2) is 4.99 Å². The molecule has 0 saturated heterocycles. The normalized spacial score (nSPS) is 22.2. The Morgan fingerprint density at radius 1 is 1.30 bits per heavy atom. The van der Waals surface area contributed by atoms with Gasteiger partial charge in [-0.15, -0.1) is 0 Å². The van der Waals surface area contributed by atoms with Gasteiger partial charge in [0.25, 0.3) is 0 Å². The van der Waals surface area contributed by atoms with Crippen LogP contribution in [0.5, 0.6) is 0 Å². The molecule has 1 saturated carbocycles. The van der Waals surface area contributed by atoms with Crippen LogP contribution in [-0.4, -0.2) is 28.8 Å². The molecule has 1 aromatic heterocycles. The first-order chi connectivity index (χ1) is 11.0. The standard InChI is InChI=1S/C18H33N5/c1-6-19-18(20-11-16-9-7-8-13(2)10-16)21-12-17-14(3)22-23(5)15(17)4/h13,16H,6-12H2,1-5H3,(H2,19,20,21). The van der Waals surface area contributed by atoms with Crippen molar-refractivity contribution >= 4 is 5.96 Å². The van der Waals surface area contributed by atoms with Crippen molar-refractivity contribution < 1.29 is 0 Å². The number of hydrogen-bond donors (Lipinski definition) is 2. The van der Waals surface area contributed by atoms with Crippen LogP contribution in [0.2, 0.25) is 0 Å². The highest BCUT2D eigenvalue weighted by molar-refractivity contribution is 5.79. The zero-order chi connectivity index (χ0) is 16.8. The Balaban J connectivity index is 1.94. The summed E-state index contributed by atoms with van der Waals surface area (Å²) in [6.07, 6.45) is 5.45. The van der Waals surface area contributed by atoms with E-state index in [2.05, 4.69) is 43.4 Å². The Hall–Kier alpha value is -1.52. The Kier molecular flexibility index (Phi) is 6.48. The van der Waals surface area contributed by atoms with Crippen LogP contribution in [0, 0.1) is 25.7 Å². The van der Waals surface area contributed by atoms with Crippen LogP contribution in [0.4, 0.5) is 0 Å². The van der Waals surface area contributed by atoms with Gasteiger partial charge in [-0.2, -0.15) is 5.10 Å². The molecule has 2 unspecified atom stereocenters. The molecule has 0 spiro atoms. The van der Waals surface area contributed by atoms with Crippen LogP contribution < -0.4 is 10.6 Å². The summed E-state index contributed by atoms with van der Waals surface area (Å²) in [5.41, 5.74) is 3.50. The van der Waals surface area contributed by atoms with E-state index in [1.165, 1.54) is 36.9 Å². The number of nitrogens with zero attached hydrogens (tertiary/aromatic N) is 3. The van der Waals surface area contributed by atoms with E-state index in [0.29, 0.717) is 6.54 Å². The van der Waals surface area contributed by atoms with Crippen molar-refractivity contribution in [3.63, 3.8) is 0 Å². The predicted octanol–water partition coefficient (Wildman–Crippen LogP) is 2.92. The lowest BCUT2D eigenvalue weighted by Crippen LogP contribution is -2.40. The Labute approximate surface area is 141 Å². The summed E-state index contributed by atoms with van der Waals surface area (Å²) in [6.45, 7) is 11.2. The number of nitrogens with one attached hydrogen (secondary N) is 2. The molecular formula is C18H33N5. The molecule has 0 radical (unpaired) electrons. The lowest BCUT2D eigenvalue weighted by Gasteiger charge is -2.27. The molecule has 0 amide bonds. The van der Waals surface area contributed by atoms with Gasteiger partial charge in [-0.1, -0.05) is 19.8 Å². The van der Waals surface area contributed by atoms with E-state index in [-0.39, 0.29) is 0 Å². The third kappa shape index (κ3) is 4.98. The first kappa shape index (κ1) is 17.8. The third-order valence-electron chi connectivity index (χ3n) is 5.00. The largest absolute Gasteiger partial charge is 0.357 e. The van der Waals surface area contributed by atoms with Crippen molar-refractivity contribution in [2.75, 3.05) is 13.1 Å². The molecule has 2 atom stereocenters. The molecule has 23 heavy (non-hydrogen) atoms. The molecule has 0 aliphatic heterocycles. The summed E-state index contributed by atoms with van der Waals surface area (Å²) >= 11 is 0. The number of aromatic nitrogens is 2. The molecule has 1 fully saturated rings. The monoisotopic (exact) mass is 319 g/mol. The Bertz CT molecular complexity index is 532. The summed E-state index contributed by atoms with van der Waals surface area (Å²) in [5.74, 6) is 2.58. The number of hydrogen-bond acceptors (Lipinski definition) is 2. The average molecular weight is 319 g/mol. The fraction of sp³-hybridized carbons (Fsp3) is 0.778. The highest BCUT2D eigenvalue weighted by atomic mass is 15.3. The summed E-state index contributed by atoms with van der Waals surface area (Å²) in [5, 5.41) is 11.4. The van der Waals surface area contributed by atoms with Crippen LogP contribution in [0.15, 0.2) is 4.99 Å². The molecule has 1 aliphatic carbocycles. The SMILES string of the molecule is CCNC(=NCc1c(C)nn(C)c1C)NCC1CCCC(C)C1. The van der Waals surface area contributed by atoms with Crippen molar-refractivity contribution in [2.45, 2.75) is 59.9 Å². The maximum atomic E-state index is 4.76. The van der Waals surface area contributed by atoms with E-state index in [0.717, 1.165) is 36.6 Å². The minimum absolute atomic E-state index is 0.682. The van der Waals surface area contributed by atoms with Gasteiger partial charge in [-0.3, -0.25) is 4.68 Å². The minimum atomic E-state index is 0.682. The topological polar surface area (TPSA) is 54.2 Å². The second kappa shape index (κ2) is 8.37. The molecule has 2 N–H and O–H groups in total. The zero-order valence-electron chi connectivity index (χ0n) is 15.4. The number of aryl methyl sites for hydroxylation is 2. The van der Waals surface area contributed by atoms with Crippen LogP contribution in [0.3, 0.4) is 0 Å². The maximum Gasteiger partial charge on any atom is 0.191 e. The summed E-state index contributed by atoms with van der Waals surface area (Å²) in [4.78, 5) is 4.76. The first-order valence-electron chi connectivity index (χ1n) is 9.02. The van der Waals surface area contributed by atoms with E-state index in [4.69, 9.17) is 4.99 Å². The highest BCUT2D eigenvalue weighted by Crippen LogP contribution is 2.27. The van der Waals surface area contributed by atoms with E-state index in [9.17, 15) is 0 Å². The smallest absolute Gasteiger partial charge is 0.191 e. The molecule has 130 valence electrons. The van der Waals surface area contributed by atoms with Gasteiger partial charge in [-0.05, 0) is 45.4 Å². The molecule has 2 rings (SSSR count). The highest BCUT2D eigenvalue weighted by Gasteiger charge is 2.19. The molecule has 1 aliphatic rings. The summed E-state index contributed by atoms with van der Waals surface area (Å²) < 4.78 is 1.93. The van der Waals surface area contributed by atoms with Gasteiger partial charge in [0.2, 0.25) is 0 Å². The average Bonchev–Trinajstić information content (AvgIpc) is 2.75. The molecule has 1 heterocycles. The minimum Gasteiger partial charge on any atom is -0.357 e. The lowest BCUT2D eigenvalue weighted by atomic mass is 9.82. The second-order valence-corrected chi connectivity index (χ2v) is 6.99. The third-order valence-corrected chi connectivity index (χ3v) is 5.00. The van der Waals surface area contributed by atoms with E-state index in [1.54, 1.807) is 0 Å². The number of rotatable bonds is 5. The van der Waals surface area contributed by atoms with Gasteiger partial charge in [0.1, 0.15) is 0 Å². The van der Waals surface area contributed by atoms with Crippen molar-refractivity contribution in [1.29, 1.82) is 0 Å². The van der Waals surface area contributed by atoms with Crippen molar-refractivity contribution in [3.8, 4) is 0 Å². The Morgan fingerprint density at radius 3 is 2.70 bits per heavy atom. The lowest BCUT2D eigenvalue weighted by molar-refractivity contribution is 0.282. The zero-order valence-corrected chi connectivity index (χ0v) is 15.4. The van der Waals surface area contributed by atoms with Crippen LogP contribution in [0.25, 0.3) is 0 Å². The van der Waals surface area contributed by atoms with Crippen LogP contribution in [0.1, 0.15) is 56.5 Å².